The molecule has 1 aliphatic heterocycles. The summed E-state index contributed by atoms with van der Waals surface area (Å²) in [5.41, 5.74) is 9.42. The monoisotopic (exact) mass is 374 g/mol. The number of aromatic nitrogens is 1. The molecule has 0 aliphatic carbocycles. The van der Waals surface area contributed by atoms with Gasteiger partial charge in [0.2, 0.25) is 5.13 Å². The van der Waals surface area contributed by atoms with Gasteiger partial charge in [-0.15, -0.1) is 11.3 Å². The van der Waals surface area contributed by atoms with Crippen LogP contribution in [0.25, 0.3) is 0 Å². The molecule has 26 heavy (non-hydrogen) atoms. The molecule has 140 valence electrons. The van der Waals surface area contributed by atoms with E-state index in [-0.39, 0.29) is 0 Å². The molecule has 2 aromatic rings. The van der Waals surface area contributed by atoms with E-state index < -0.39 is 0 Å². The van der Waals surface area contributed by atoms with Gasteiger partial charge >= 0.3 is 0 Å². The number of thiazole rings is 1. The average molecular weight is 375 g/mol. The maximum atomic E-state index is 5.83. The molecule has 0 bridgehead atoms. The van der Waals surface area contributed by atoms with Crippen LogP contribution in [0.4, 0.5) is 10.9 Å². The first-order valence-corrected chi connectivity index (χ1v) is 9.71. The number of nitrogens with two attached hydrogens (primary N) is 1. The average Bonchev–Trinajstić information content (AvgIpc) is 3.07. The van der Waals surface area contributed by atoms with E-state index in [0.717, 1.165) is 57.1 Å². The Balaban J connectivity index is 1.35. The number of hydrazone groups is 1. The molecular weight excluding hydrogens is 348 g/mol. The van der Waals surface area contributed by atoms with Crippen LogP contribution in [0.15, 0.2) is 34.7 Å². The zero-order valence-electron chi connectivity index (χ0n) is 15.1. The van der Waals surface area contributed by atoms with Crippen LogP contribution in [0, 0.1) is 0 Å². The molecule has 0 amide bonds. The van der Waals surface area contributed by atoms with Crippen molar-refractivity contribution < 1.29 is 4.74 Å². The SMILES string of the molecule is CN1CCN(CCCOc2ccc(C=NNc3nc(N)cs3)cc2)CC1. The summed E-state index contributed by atoms with van der Waals surface area (Å²) in [5.74, 6) is 1.39. The largest absolute Gasteiger partial charge is 0.494 e. The van der Waals surface area contributed by atoms with Gasteiger partial charge in [0.15, 0.2) is 0 Å². The second-order valence-corrected chi connectivity index (χ2v) is 7.22. The number of hydrogen-bond acceptors (Lipinski definition) is 8. The minimum absolute atomic E-state index is 0.502. The van der Waals surface area contributed by atoms with Gasteiger partial charge in [-0.2, -0.15) is 5.10 Å². The van der Waals surface area contributed by atoms with Gasteiger partial charge in [-0.3, -0.25) is 5.43 Å². The Bertz CT molecular complexity index is 694. The highest BCUT2D eigenvalue weighted by atomic mass is 32.1. The van der Waals surface area contributed by atoms with E-state index >= 15 is 0 Å². The maximum Gasteiger partial charge on any atom is 0.205 e. The number of nitrogens with zero attached hydrogens (tertiary/aromatic N) is 4. The molecule has 3 rings (SSSR count). The molecule has 1 saturated heterocycles. The number of nitrogens with one attached hydrogen (secondary N) is 1. The van der Waals surface area contributed by atoms with Crippen molar-refractivity contribution in [2.75, 3.05) is 57.5 Å². The van der Waals surface area contributed by atoms with Crippen LogP contribution in [-0.4, -0.2) is 67.4 Å². The number of likely N-dealkylation sites (N-methyl/N-ethyl adjacent to an activating group) is 1. The first-order valence-electron chi connectivity index (χ1n) is 8.83. The van der Waals surface area contributed by atoms with E-state index in [1.807, 2.05) is 24.3 Å². The van der Waals surface area contributed by atoms with Crippen molar-refractivity contribution in [2.45, 2.75) is 6.42 Å². The second-order valence-electron chi connectivity index (χ2n) is 6.36. The van der Waals surface area contributed by atoms with Crippen LogP contribution in [0.1, 0.15) is 12.0 Å². The van der Waals surface area contributed by atoms with Crippen LogP contribution in [0.2, 0.25) is 0 Å². The van der Waals surface area contributed by atoms with E-state index in [4.69, 9.17) is 10.5 Å². The molecule has 2 heterocycles. The smallest absolute Gasteiger partial charge is 0.205 e. The van der Waals surface area contributed by atoms with Crippen molar-refractivity contribution in [1.82, 2.24) is 14.8 Å². The molecule has 1 aromatic heterocycles. The van der Waals surface area contributed by atoms with Crippen LogP contribution < -0.4 is 15.9 Å². The Kier molecular flexibility index (Phi) is 6.82. The Labute approximate surface area is 158 Å². The van der Waals surface area contributed by atoms with Gasteiger partial charge in [-0.25, -0.2) is 4.98 Å². The van der Waals surface area contributed by atoms with Crippen molar-refractivity contribution in [3.05, 3.63) is 35.2 Å². The molecule has 1 fully saturated rings. The minimum atomic E-state index is 0.502. The third-order valence-electron chi connectivity index (χ3n) is 4.26. The fraction of sp³-hybridized carbons (Fsp3) is 0.444. The summed E-state index contributed by atoms with van der Waals surface area (Å²) in [5, 5.41) is 6.61. The number of piperazine rings is 1. The van der Waals surface area contributed by atoms with Crippen molar-refractivity contribution >= 4 is 28.5 Å². The Hall–Kier alpha value is -2.16. The van der Waals surface area contributed by atoms with Gasteiger partial charge in [-0.1, -0.05) is 0 Å². The first-order chi connectivity index (χ1) is 12.7. The lowest BCUT2D eigenvalue weighted by molar-refractivity contribution is 0.145. The van der Waals surface area contributed by atoms with E-state index in [0.29, 0.717) is 10.9 Å². The van der Waals surface area contributed by atoms with Crippen LogP contribution in [0.3, 0.4) is 0 Å². The van der Waals surface area contributed by atoms with Crippen LogP contribution in [-0.2, 0) is 0 Å². The van der Waals surface area contributed by atoms with Gasteiger partial charge < -0.3 is 20.3 Å². The quantitative estimate of drug-likeness (QED) is 0.419. The lowest BCUT2D eigenvalue weighted by Crippen LogP contribution is -2.44. The molecule has 1 aromatic carbocycles. The van der Waals surface area contributed by atoms with Crippen molar-refractivity contribution in [3.8, 4) is 5.75 Å². The van der Waals surface area contributed by atoms with Crippen LogP contribution >= 0.6 is 11.3 Å². The number of anilines is 2. The maximum absolute atomic E-state index is 5.83. The lowest BCUT2D eigenvalue weighted by Gasteiger charge is -2.32. The molecule has 0 saturated carbocycles. The number of hydrogen-bond donors (Lipinski definition) is 2. The third kappa shape index (κ3) is 5.98. The fourth-order valence-corrected chi connectivity index (χ4v) is 3.25. The molecule has 0 unspecified atom stereocenters. The summed E-state index contributed by atoms with van der Waals surface area (Å²) in [7, 11) is 2.18. The third-order valence-corrected chi connectivity index (χ3v) is 5.02. The van der Waals surface area contributed by atoms with Gasteiger partial charge in [0.25, 0.3) is 0 Å². The molecular formula is C18H26N6OS. The number of benzene rings is 1. The number of ether oxygens (including phenoxy) is 1. The van der Waals surface area contributed by atoms with Gasteiger partial charge in [0.1, 0.15) is 11.6 Å². The standard InChI is InChI=1S/C18H26N6OS/c1-23-8-10-24(11-9-23)7-2-12-25-16-5-3-15(4-6-16)13-20-22-18-21-17(19)14-26-18/h3-6,13-14H,2,7-12,19H2,1H3,(H,21,22). The van der Waals surface area contributed by atoms with E-state index in [2.05, 4.69) is 32.4 Å². The second kappa shape index (κ2) is 9.51. The molecule has 8 heteroatoms. The highest BCUT2D eigenvalue weighted by Gasteiger charge is 2.12. The van der Waals surface area contributed by atoms with Crippen molar-refractivity contribution in [3.63, 3.8) is 0 Å². The van der Waals surface area contributed by atoms with Gasteiger partial charge in [0, 0.05) is 38.1 Å². The molecule has 0 radical (unpaired) electrons. The predicted molar refractivity (Wildman–Crippen MR) is 108 cm³/mol. The zero-order valence-corrected chi connectivity index (χ0v) is 15.9. The van der Waals surface area contributed by atoms with Crippen molar-refractivity contribution in [1.29, 1.82) is 0 Å². The summed E-state index contributed by atoms with van der Waals surface area (Å²) in [6.07, 6.45) is 2.79. The molecule has 3 N–H and O–H groups in total. The molecule has 0 atom stereocenters. The highest BCUT2D eigenvalue weighted by molar-refractivity contribution is 7.14. The van der Waals surface area contributed by atoms with E-state index in [1.54, 1.807) is 11.6 Å². The molecule has 0 spiro atoms. The van der Waals surface area contributed by atoms with E-state index in [9.17, 15) is 0 Å². The fourth-order valence-electron chi connectivity index (χ4n) is 2.70. The summed E-state index contributed by atoms with van der Waals surface area (Å²) in [6.45, 7) is 6.49. The Morgan fingerprint density at radius 3 is 2.73 bits per heavy atom. The van der Waals surface area contributed by atoms with Crippen LogP contribution in [0.5, 0.6) is 5.75 Å². The highest BCUT2D eigenvalue weighted by Crippen LogP contribution is 2.16. The summed E-state index contributed by atoms with van der Waals surface area (Å²) in [6, 6.07) is 7.91. The predicted octanol–water partition coefficient (Wildman–Crippen LogP) is 2.19. The van der Waals surface area contributed by atoms with Crippen molar-refractivity contribution in [2.24, 2.45) is 5.10 Å². The van der Waals surface area contributed by atoms with Gasteiger partial charge in [0.05, 0.1) is 12.8 Å². The number of rotatable bonds is 8. The summed E-state index contributed by atoms with van der Waals surface area (Å²) in [4.78, 5) is 8.96. The Morgan fingerprint density at radius 1 is 1.27 bits per heavy atom. The zero-order chi connectivity index (χ0) is 18.2. The topological polar surface area (TPSA) is 79.0 Å². The normalized spacial score (nSPS) is 16.2. The summed E-state index contributed by atoms with van der Waals surface area (Å²) < 4.78 is 5.83. The Morgan fingerprint density at radius 2 is 2.04 bits per heavy atom. The van der Waals surface area contributed by atoms with E-state index in [1.165, 1.54) is 11.3 Å². The lowest BCUT2D eigenvalue weighted by atomic mass is 10.2. The number of nitrogen functional groups attached to an aromatic ring is 1. The first kappa shape index (κ1) is 18.6. The molecule has 1 aliphatic rings. The summed E-state index contributed by atoms with van der Waals surface area (Å²) >= 11 is 1.42. The van der Waals surface area contributed by atoms with Gasteiger partial charge in [-0.05, 0) is 43.3 Å². The minimum Gasteiger partial charge on any atom is -0.494 e. The molecule has 7 nitrogen and oxygen atoms in total.